The largest absolute Gasteiger partial charge is 0.372 e. The van der Waals surface area contributed by atoms with Gasteiger partial charge in [-0.2, -0.15) is 0 Å². The van der Waals surface area contributed by atoms with E-state index in [0.717, 1.165) is 18.8 Å². The van der Waals surface area contributed by atoms with E-state index in [4.69, 9.17) is 0 Å². The molecule has 0 saturated carbocycles. The summed E-state index contributed by atoms with van der Waals surface area (Å²) < 4.78 is 0. The molecule has 5 nitrogen and oxygen atoms in total. The maximum atomic E-state index is 12.1. The Morgan fingerprint density at radius 1 is 1.17 bits per heavy atom. The fourth-order valence-corrected chi connectivity index (χ4v) is 2.85. The van der Waals surface area contributed by atoms with Crippen LogP contribution >= 0.6 is 0 Å². The van der Waals surface area contributed by atoms with Crippen molar-refractivity contribution < 1.29 is 9.59 Å². The van der Waals surface area contributed by atoms with E-state index in [9.17, 15) is 9.59 Å². The molecule has 0 bridgehead atoms. The topological polar surface area (TPSA) is 52.7 Å². The molecule has 1 aliphatic heterocycles. The molecule has 126 valence electrons. The fraction of sp³-hybridized carbons (Fsp3) is 0.556. The van der Waals surface area contributed by atoms with Gasteiger partial charge in [0.1, 0.15) is 0 Å². The van der Waals surface area contributed by atoms with Gasteiger partial charge in [0.15, 0.2) is 0 Å². The molecule has 0 radical (unpaired) electrons. The maximum absolute atomic E-state index is 12.1. The third-order valence-corrected chi connectivity index (χ3v) is 3.99. The van der Waals surface area contributed by atoms with Crippen molar-refractivity contribution in [1.82, 2.24) is 4.90 Å². The lowest BCUT2D eigenvalue weighted by Crippen LogP contribution is -2.38. The van der Waals surface area contributed by atoms with Gasteiger partial charge in [-0.25, -0.2) is 0 Å². The van der Waals surface area contributed by atoms with Crippen LogP contribution in [0.5, 0.6) is 0 Å². The van der Waals surface area contributed by atoms with Crippen molar-refractivity contribution in [3.05, 3.63) is 24.3 Å². The van der Waals surface area contributed by atoms with Gasteiger partial charge < -0.3 is 15.1 Å². The van der Waals surface area contributed by atoms with Crippen molar-refractivity contribution in [2.75, 3.05) is 36.4 Å². The molecule has 1 heterocycles. The molecular formula is C18H27N3O2. The highest BCUT2D eigenvalue weighted by Crippen LogP contribution is 2.22. The molecule has 0 aromatic heterocycles. The summed E-state index contributed by atoms with van der Waals surface area (Å²) in [5.74, 6) is 0.111. The molecule has 2 amide bonds. The van der Waals surface area contributed by atoms with Crippen molar-refractivity contribution in [3.63, 3.8) is 0 Å². The summed E-state index contributed by atoms with van der Waals surface area (Å²) in [6.07, 6.45) is 2.49. The van der Waals surface area contributed by atoms with E-state index in [2.05, 4.69) is 10.2 Å². The quantitative estimate of drug-likeness (QED) is 0.878. The Hall–Kier alpha value is -2.04. The first-order valence-corrected chi connectivity index (χ1v) is 8.36. The molecule has 0 unspecified atom stereocenters. The van der Waals surface area contributed by atoms with Crippen LogP contribution in [0.25, 0.3) is 0 Å². The Labute approximate surface area is 138 Å². The van der Waals surface area contributed by atoms with Crippen LogP contribution in [0.3, 0.4) is 0 Å². The second-order valence-corrected chi connectivity index (χ2v) is 6.58. The molecular weight excluding hydrogens is 290 g/mol. The number of carbonyl (C=O) groups is 2. The first kappa shape index (κ1) is 17.3. The van der Waals surface area contributed by atoms with Crippen LogP contribution in [0.2, 0.25) is 0 Å². The van der Waals surface area contributed by atoms with E-state index in [1.54, 1.807) is 4.90 Å². The number of nitrogens with one attached hydrogen (secondary N) is 1. The first-order valence-electron chi connectivity index (χ1n) is 8.36. The molecule has 1 aliphatic rings. The molecule has 1 fully saturated rings. The number of carbonyl (C=O) groups excluding carboxylic acids is 2. The minimum absolute atomic E-state index is 0.0711. The van der Waals surface area contributed by atoms with Crippen molar-refractivity contribution in [2.24, 2.45) is 5.92 Å². The van der Waals surface area contributed by atoms with E-state index in [1.807, 2.05) is 38.1 Å². The Morgan fingerprint density at radius 3 is 2.30 bits per heavy atom. The van der Waals surface area contributed by atoms with Crippen LogP contribution < -0.4 is 10.2 Å². The van der Waals surface area contributed by atoms with Gasteiger partial charge in [-0.1, -0.05) is 13.8 Å². The molecule has 23 heavy (non-hydrogen) atoms. The van der Waals surface area contributed by atoms with Gasteiger partial charge in [0.2, 0.25) is 11.8 Å². The van der Waals surface area contributed by atoms with E-state index in [-0.39, 0.29) is 18.4 Å². The number of hydrogen-bond donors (Lipinski definition) is 1. The molecule has 0 spiro atoms. The number of nitrogens with zero attached hydrogens (tertiary/aromatic N) is 2. The standard InChI is InChI=1S/C18H27N3O2/c1-14(2)12-21(15(3)22)13-18(23)19-16-6-8-17(9-7-16)20-10-4-5-11-20/h6-9,14H,4-5,10-13H2,1-3H3,(H,19,23). The summed E-state index contributed by atoms with van der Waals surface area (Å²) in [5.41, 5.74) is 1.97. The summed E-state index contributed by atoms with van der Waals surface area (Å²) in [4.78, 5) is 27.7. The zero-order valence-electron chi connectivity index (χ0n) is 14.3. The highest BCUT2D eigenvalue weighted by Gasteiger charge is 2.15. The molecule has 1 aromatic carbocycles. The lowest BCUT2D eigenvalue weighted by Gasteiger charge is -2.22. The molecule has 1 N–H and O–H groups in total. The van der Waals surface area contributed by atoms with Crippen LogP contribution in [-0.2, 0) is 9.59 Å². The summed E-state index contributed by atoms with van der Waals surface area (Å²) in [5, 5.41) is 2.87. The summed E-state index contributed by atoms with van der Waals surface area (Å²) in [6, 6.07) is 7.92. The average Bonchev–Trinajstić information content (AvgIpc) is 3.01. The number of rotatable bonds is 6. The van der Waals surface area contributed by atoms with Gasteiger partial charge in [0.05, 0.1) is 6.54 Å². The smallest absolute Gasteiger partial charge is 0.243 e. The minimum atomic E-state index is -0.158. The monoisotopic (exact) mass is 317 g/mol. The molecule has 0 atom stereocenters. The van der Waals surface area contributed by atoms with Gasteiger partial charge in [0, 0.05) is 37.9 Å². The summed E-state index contributed by atoms with van der Waals surface area (Å²) in [6.45, 7) is 8.47. The first-order chi connectivity index (χ1) is 11.0. The van der Waals surface area contributed by atoms with Crippen molar-refractivity contribution >= 4 is 23.2 Å². The van der Waals surface area contributed by atoms with Crippen LogP contribution in [0.15, 0.2) is 24.3 Å². The lowest BCUT2D eigenvalue weighted by atomic mass is 10.2. The lowest BCUT2D eigenvalue weighted by molar-refractivity contribution is -0.133. The maximum Gasteiger partial charge on any atom is 0.243 e. The molecule has 5 heteroatoms. The summed E-state index contributed by atoms with van der Waals surface area (Å²) in [7, 11) is 0. The van der Waals surface area contributed by atoms with E-state index in [1.165, 1.54) is 25.5 Å². The zero-order valence-corrected chi connectivity index (χ0v) is 14.3. The van der Waals surface area contributed by atoms with Gasteiger partial charge >= 0.3 is 0 Å². The predicted octanol–water partition coefficient (Wildman–Crippen LogP) is 2.73. The van der Waals surface area contributed by atoms with Crippen LogP contribution in [0.1, 0.15) is 33.6 Å². The third-order valence-electron chi connectivity index (χ3n) is 3.99. The Balaban J connectivity index is 1.90. The van der Waals surface area contributed by atoms with Gasteiger partial charge in [0.25, 0.3) is 0 Å². The van der Waals surface area contributed by atoms with Crippen molar-refractivity contribution in [1.29, 1.82) is 0 Å². The van der Waals surface area contributed by atoms with Crippen LogP contribution in [0, 0.1) is 5.92 Å². The Kier molecular flexibility index (Phi) is 6.02. The van der Waals surface area contributed by atoms with Gasteiger partial charge in [-0.3, -0.25) is 9.59 Å². The van der Waals surface area contributed by atoms with Crippen LogP contribution in [-0.4, -0.2) is 42.9 Å². The Morgan fingerprint density at radius 2 is 1.78 bits per heavy atom. The average molecular weight is 317 g/mol. The number of amides is 2. The second-order valence-electron chi connectivity index (χ2n) is 6.58. The molecule has 1 aromatic rings. The number of anilines is 2. The SMILES string of the molecule is CC(=O)N(CC(=O)Nc1ccc(N2CCCC2)cc1)CC(C)C. The number of hydrogen-bond acceptors (Lipinski definition) is 3. The van der Waals surface area contributed by atoms with Crippen molar-refractivity contribution in [2.45, 2.75) is 33.6 Å². The van der Waals surface area contributed by atoms with Crippen molar-refractivity contribution in [3.8, 4) is 0 Å². The Bertz CT molecular complexity index is 534. The minimum Gasteiger partial charge on any atom is -0.372 e. The molecule has 1 saturated heterocycles. The predicted molar refractivity (Wildman–Crippen MR) is 93.6 cm³/mol. The van der Waals surface area contributed by atoms with E-state index >= 15 is 0 Å². The van der Waals surface area contributed by atoms with E-state index in [0.29, 0.717) is 12.5 Å². The highest BCUT2D eigenvalue weighted by atomic mass is 16.2. The zero-order chi connectivity index (χ0) is 16.8. The van der Waals surface area contributed by atoms with E-state index < -0.39 is 0 Å². The summed E-state index contributed by atoms with van der Waals surface area (Å²) >= 11 is 0. The second kappa shape index (κ2) is 7.99. The van der Waals surface area contributed by atoms with Crippen LogP contribution in [0.4, 0.5) is 11.4 Å². The van der Waals surface area contributed by atoms with Gasteiger partial charge in [-0.15, -0.1) is 0 Å². The fourth-order valence-electron chi connectivity index (χ4n) is 2.85. The molecule has 2 rings (SSSR count). The van der Waals surface area contributed by atoms with Gasteiger partial charge in [-0.05, 0) is 43.0 Å². The highest BCUT2D eigenvalue weighted by molar-refractivity contribution is 5.94. The normalized spacial score (nSPS) is 14.2. The third kappa shape index (κ3) is 5.27. The molecule has 0 aliphatic carbocycles. The number of benzene rings is 1.